The lowest BCUT2D eigenvalue weighted by molar-refractivity contribution is -0.137. The van der Waals surface area contributed by atoms with Gasteiger partial charge in [0.25, 0.3) is 0 Å². The summed E-state index contributed by atoms with van der Waals surface area (Å²) in [5.74, 6) is -0.333. The van der Waals surface area contributed by atoms with E-state index in [1.165, 1.54) is 0 Å². The highest BCUT2D eigenvalue weighted by Gasteiger charge is 2.31. The smallest absolute Gasteiger partial charge is 0.311 e. The molecule has 0 heterocycles. The molecule has 0 spiro atoms. The molecule has 5 nitrogen and oxygen atoms in total. The van der Waals surface area contributed by atoms with Gasteiger partial charge in [0.15, 0.2) is 0 Å². The van der Waals surface area contributed by atoms with Crippen LogP contribution in [0.2, 0.25) is 0 Å². The van der Waals surface area contributed by atoms with Gasteiger partial charge in [-0.2, -0.15) is 0 Å². The quantitative estimate of drug-likeness (QED) is 0.107. The average Bonchev–Trinajstić information content (AvgIpc) is 2.89. The Kier molecular flexibility index (Phi) is 14.7. The van der Waals surface area contributed by atoms with Crippen LogP contribution in [0.5, 0.6) is 11.5 Å². The van der Waals surface area contributed by atoms with Gasteiger partial charge < -0.3 is 14.9 Å². The molecule has 2 aromatic rings. The van der Waals surface area contributed by atoms with E-state index in [1.54, 1.807) is 23.5 Å². The number of ether oxygens (including phenoxy) is 1. The number of carbonyl (C=O) groups excluding carboxylic acids is 1. The first-order valence-electron chi connectivity index (χ1n) is 16.3. The Bertz CT molecular complexity index is 1270. The average molecular weight is 661 g/mol. The Labute approximate surface area is 282 Å². The fourth-order valence-electron chi connectivity index (χ4n) is 4.80. The van der Waals surface area contributed by atoms with Gasteiger partial charge in [0.05, 0.1) is 4.58 Å². The number of aliphatic carboxylic acids is 1. The minimum absolute atomic E-state index is 0.0592. The van der Waals surface area contributed by atoms with Crippen LogP contribution in [-0.2, 0) is 31.2 Å². The monoisotopic (exact) mass is 660 g/mol. The molecule has 2 N–H and O–H groups in total. The zero-order chi connectivity index (χ0) is 35.1. The van der Waals surface area contributed by atoms with Crippen molar-refractivity contribution in [2.24, 2.45) is 0 Å². The third-order valence-corrected chi connectivity index (χ3v) is 10.0. The Morgan fingerprint density at radius 1 is 0.733 bits per heavy atom. The molecule has 0 fully saturated rings. The molecule has 45 heavy (non-hydrogen) atoms. The number of carbonyl (C=O) groups is 2. The Hall–Kier alpha value is -2.12. The van der Waals surface area contributed by atoms with Gasteiger partial charge in [0.1, 0.15) is 11.5 Å². The van der Waals surface area contributed by atoms with E-state index >= 15 is 0 Å². The Morgan fingerprint density at radius 2 is 1.13 bits per heavy atom. The standard InChI is InChI=1S/C36H54O5S2.C2H6/c1-14-36(12,13)26-19-23(18-25(31(26)40)33(3,4)5)42-22(2)43-24-20-27(34(6,7)8)32(28(21-24)35(9,10)11)41-30(39)17-15-16-29(37)38;1-2/h18-22,40H,14-17H2,1-13H3,(H,37,38);1-2H3. The number of esters is 1. The van der Waals surface area contributed by atoms with Crippen LogP contribution in [0.25, 0.3) is 0 Å². The lowest BCUT2D eigenvalue weighted by atomic mass is 9.77. The zero-order valence-electron chi connectivity index (χ0n) is 30.7. The van der Waals surface area contributed by atoms with Crippen molar-refractivity contribution in [3.63, 3.8) is 0 Å². The van der Waals surface area contributed by atoms with Crippen molar-refractivity contribution in [2.75, 3.05) is 0 Å². The Morgan fingerprint density at radius 3 is 1.51 bits per heavy atom. The van der Waals surface area contributed by atoms with E-state index in [9.17, 15) is 14.7 Å². The van der Waals surface area contributed by atoms with E-state index in [1.807, 2.05) is 13.8 Å². The number of rotatable bonds is 11. The van der Waals surface area contributed by atoms with Crippen LogP contribution in [0.1, 0.15) is 152 Å². The topological polar surface area (TPSA) is 83.8 Å². The van der Waals surface area contributed by atoms with Crippen molar-refractivity contribution in [3.05, 3.63) is 46.5 Å². The second-order valence-electron chi connectivity index (χ2n) is 15.2. The Balaban J connectivity index is 0.00000496. The number of carboxylic acid groups (broad SMARTS) is 1. The fraction of sp³-hybridized carbons (Fsp3) is 0.632. The molecule has 0 radical (unpaired) electrons. The lowest BCUT2D eigenvalue weighted by Gasteiger charge is -2.31. The minimum atomic E-state index is -0.917. The van der Waals surface area contributed by atoms with Crippen LogP contribution in [-0.4, -0.2) is 26.7 Å². The van der Waals surface area contributed by atoms with Crippen LogP contribution in [0.4, 0.5) is 0 Å². The maximum absolute atomic E-state index is 12.8. The van der Waals surface area contributed by atoms with Gasteiger partial charge in [-0.1, -0.05) is 96.9 Å². The maximum Gasteiger partial charge on any atom is 0.311 e. The van der Waals surface area contributed by atoms with Gasteiger partial charge in [0, 0.05) is 44.9 Å². The molecule has 0 aliphatic rings. The van der Waals surface area contributed by atoms with Crippen LogP contribution in [0.3, 0.4) is 0 Å². The minimum Gasteiger partial charge on any atom is -0.507 e. The van der Waals surface area contributed by atoms with Gasteiger partial charge >= 0.3 is 11.9 Å². The van der Waals surface area contributed by atoms with Gasteiger partial charge in [-0.05, 0) is 65.7 Å². The van der Waals surface area contributed by atoms with Crippen LogP contribution in [0, 0.1) is 0 Å². The molecule has 0 amide bonds. The summed E-state index contributed by atoms with van der Waals surface area (Å²) in [4.78, 5) is 26.0. The molecule has 0 aliphatic heterocycles. The first-order valence-corrected chi connectivity index (χ1v) is 18.1. The summed E-state index contributed by atoms with van der Waals surface area (Å²) in [6.07, 6.45) is 1.17. The number of phenolic OH excluding ortho intramolecular Hbond substituents is 1. The van der Waals surface area contributed by atoms with Crippen molar-refractivity contribution >= 4 is 35.5 Å². The number of hydrogen-bond acceptors (Lipinski definition) is 6. The normalized spacial score (nSPS) is 13.1. The lowest BCUT2D eigenvalue weighted by Crippen LogP contribution is -2.22. The molecule has 0 saturated carbocycles. The van der Waals surface area contributed by atoms with Gasteiger partial charge in [0.2, 0.25) is 0 Å². The van der Waals surface area contributed by atoms with E-state index in [4.69, 9.17) is 9.84 Å². The number of thioether (sulfide) groups is 2. The van der Waals surface area contributed by atoms with Crippen LogP contribution >= 0.6 is 23.5 Å². The third kappa shape index (κ3) is 11.9. The molecular weight excluding hydrogens is 601 g/mol. The predicted octanol–water partition coefficient (Wildman–Crippen LogP) is 11.4. The molecular formula is C38H60O5S2. The molecule has 2 aromatic carbocycles. The summed E-state index contributed by atoms with van der Waals surface area (Å²) in [7, 11) is 0. The van der Waals surface area contributed by atoms with Crippen LogP contribution in [0.15, 0.2) is 34.1 Å². The van der Waals surface area contributed by atoms with E-state index in [2.05, 4.69) is 114 Å². The summed E-state index contributed by atoms with van der Waals surface area (Å²) in [5, 5.41) is 20.3. The van der Waals surface area contributed by atoms with E-state index in [-0.39, 0.29) is 45.5 Å². The van der Waals surface area contributed by atoms with Gasteiger partial charge in [-0.15, -0.1) is 23.5 Å². The molecule has 0 bridgehead atoms. The number of phenols is 1. The summed E-state index contributed by atoms with van der Waals surface area (Å²) in [6.45, 7) is 31.8. The first kappa shape index (κ1) is 40.9. The summed E-state index contributed by atoms with van der Waals surface area (Å²) in [6, 6.07) is 8.57. The van der Waals surface area contributed by atoms with Gasteiger partial charge in [-0.25, -0.2) is 0 Å². The van der Waals surface area contributed by atoms with Crippen molar-refractivity contribution in [2.45, 2.75) is 166 Å². The molecule has 2 rings (SSSR count). The third-order valence-electron chi connectivity index (χ3n) is 7.77. The largest absolute Gasteiger partial charge is 0.507 e. The summed E-state index contributed by atoms with van der Waals surface area (Å²) >= 11 is 3.56. The van der Waals surface area contributed by atoms with Crippen molar-refractivity contribution in [1.29, 1.82) is 0 Å². The number of benzene rings is 2. The van der Waals surface area contributed by atoms with Gasteiger partial charge in [-0.3, -0.25) is 9.59 Å². The molecule has 7 heteroatoms. The fourth-order valence-corrected chi connectivity index (χ4v) is 7.17. The molecule has 254 valence electrons. The SMILES string of the molecule is CC.CCC(C)(C)c1cc(SC(C)Sc2cc(C(C)(C)C)c(OC(=O)CCCC(=O)O)c(C(C)(C)C)c2)cc(C(C)(C)C)c1O. The van der Waals surface area contributed by atoms with Crippen molar-refractivity contribution < 1.29 is 24.5 Å². The van der Waals surface area contributed by atoms with E-state index in [0.29, 0.717) is 11.5 Å². The van der Waals surface area contributed by atoms with E-state index < -0.39 is 11.9 Å². The highest BCUT2D eigenvalue weighted by atomic mass is 32.2. The number of carboxylic acids is 1. The van der Waals surface area contributed by atoms with Crippen LogP contribution < -0.4 is 4.74 Å². The molecule has 0 saturated heterocycles. The second kappa shape index (κ2) is 16.1. The first-order chi connectivity index (χ1) is 20.5. The molecule has 1 unspecified atom stereocenters. The summed E-state index contributed by atoms with van der Waals surface area (Å²) < 4.78 is 6.18. The summed E-state index contributed by atoms with van der Waals surface area (Å²) in [5.41, 5.74) is 2.94. The van der Waals surface area contributed by atoms with Crippen molar-refractivity contribution in [3.8, 4) is 11.5 Å². The number of hydrogen-bond donors (Lipinski definition) is 2. The van der Waals surface area contributed by atoms with Crippen molar-refractivity contribution in [1.82, 2.24) is 0 Å². The highest BCUT2D eigenvalue weighted by Crippen LogP contribution is 2.47. The maximum atomic E-state index is 12.8. The highest BCUT2D eigenvalue weighted by molar-refractivity contribution is 8.17. The second-order valence-corrected chi connectivity index (χ2v) is 18.4. The molecule has 0 aliphatic carbocycles. The zero-order valence-corrected chi connectivity index (χ0v) is 32.3. The predicted molar refractivity (Wildman–Crippen MR) is 194 cm³/mol. The molecule has 1 atom stereocenters. The number of aromatic hydroxyl groups is 1. The molecule has 0 aromatic heterocycles. The van der Waals surface area contributed by atoms with E-state index in [0.717, 1.165) is 38.5 Å².